The molecule has 1 aromatic carbocycles. The average molecular weight is 259 g/mol. The summed E-state index contributed by atoms with van der Waals surface area (Å²) in [6, 6.07) is 6.32. The first-order valence-electron chi connectivity index (χ1n) is 6.49. The SMILES string of the molecule is Cc1cc(C)cc(Oc2c(N)c(C)nn2C(C)C)c1. The van der Waals surface area contributed by atoms with E-state index < -0.39 is 0 Å². The molecule has 0 aliphatic rings. The van der Waals surface area contributed by atoms with E-state index in [1.807, 2.05) is 37.6 Å². The molecule has 2 aromatic rings. The van der Waals surface area contributed by atoms with Crippen molar-refractivity contribution in [2.45, 2.75) is 40.7 Å². The van der Waals surface area contributed by atoms with E-state index in [2.05, 4.69) is 25.0 Å². The molecule has 4 nitrogen and oxygen atoms in total. The minimum absolute atomic E-state index is 0.205. The highest BCUT2D eigenvalue weighted by atomic mass is 16.5. The standard InChI is InChI=1S/C15H21N3O/c1-9(2)18-15(14(16)12(5)17-18)19-13-7-10(3)6-11(4)8-13/h6-9H,16H2,1-5H3. The molecular weight excluding hydrogens is 238 g/mol. The van der Waals surface area contributed by atoms with Gasteiger partial charge in [-0.05, 0) is 57.9 Å². The van der Waals surface area contributed by atoms with Crippen LogP contribution in [0.15, 0.2) is 18.2 Å². The molecule has 2 N–H and O–H groups in total. The van der Waals surface area contributed by atoms with Gasteiger partial charge in [-0.2, -0.15) is 5.10 Å². The molecule has 0 bridgehead atoms. The molecule has 0 aliphatic heterocycles. The average Bonchev–Trinajstić information content (AvgIpc) is 2.56. The summed E-state index contributed by atoms with van der Waals surface area (Å²) in [6.45, 7) is 10.1. The number of anilines is 1. The second-order valence-corrected chi connectivity index (χ2v) is 5.27. The minimum atomic E-state index is 0.205. The van der Waals surface area contributed by atoms with E-state index in [1.54, 1.807) is 0 Å². The highest BCUT2D eigenvalue weighted by Crippen LogP contribution is 2.32. The lowest BCUT2D eigenvalue weighted by atomic mass is 10.1. The van der Waals surface area contributed by atoms with Crippen LogP contribution in [0.5, 0.6) is 11.6 Å². The molecule has 1 heterocycles. The Morgan fingerprint density at radius 3 is 2.21 bits per heavy atom. The molecule has 2 rings (SSSR count). The van der Waals surface area contributed by atoms with E-state index in [9.17, 15) is 0 Å². The number of hydrogen-bond donors (Lipinski definition) is 1. The van der Waals surface area contributed by atoms with Gasteiger partial charge in [0.05, 0.1) is 11.7 Å². The normalized spacial score (nSPS) is 11.1. The number of aromatic nitrogens is 2. The summed E-state index contributed by atoms with van der Waals surface area (Å²) in [5.41, 5.74) is 9.80. The number of ether oxygens (including phenoxy) is 1. The van der Waals surface area contributed by atoms with Crippen molar-refractivity contribution < 1.29 is 4.74 Å². The Morgan fingerprint density at radius 1 is 1.11 bits per heavy atom. The highest BCUT2D eigenvalue weighted by Gasteiger charge is 2.17. The number of rotatable bonds is 3. The molecule has 0 unspecified atom stereocenters. The van der Waals surface area contributed by atoms with Crippen molar-refractivity contribution >= 4 is 5.69 Å². The fourth-order valence-corrected chi connectivity index (χ4v) is 2.09. The molecule has 102 valence electrons. The van der Waals surface area contributed by atoms with E-state index in [4.69, 9.17) is 10.5 Å². The molecule has 0 amide bonds. The van der Waals surface area contributed by atoms with Crippen LogP contribution >= 0.6 is 0 Å². The second-order valence-electron chi connectivity index (χ2n) is 5.27. The van der Waals surface area contributed by atoms with Gasteiger partial charge in [0.1, 0.15) is 11.4 Å². The van der Waals surface area contributed by atoms with Crippen molar-refractivity contribution in [1.29, 1.82) is 0 Å². The highest BCUT2D eigenvalue weighted by molar-refractivity contribution is 5.54. The predicted molar refractivity (Wildman–Crippen MR) is 77.8 cm³/mol. The van der Waals surface area contributed by atoms with Crippen molar-refractivity contribution in [3.05, 3.63) is 35.0 Å². The summed E-state index contributed by atoms with van der Waals surface area (Å²) >= 11 is 0. The van der Waals surface area contributed by atoms with E-state index >= 15 is 0 Å². The number of benzene rings is 1. The Balaban J connectivity index is 2.42. The van der Waals surface area contributed by atoms with Gasteiger partial charge in [0, 0.05) is 0 Å². The van der Waals surface area contributed by atoms with E-state index in [0.29, 0.717) is 11.6 Å². The van der Waals surface area contributed by atoms with Crippen LogP contribution in [0.2, 0.25) is 0 Å². The summed E-state index contributed by atoms with van der Waals surface area (Å²) in [5, 5.41) is 4.42. The van der Waals surface area contributed by atoms with Crippen LogP contribution < -0.4 is 10.5 Å². The third-order valence-corrected chi connectivity index (χ3v) is 2.98. The Bertz CT molecular complexity index is 579. The van der Waals surface area contributed by atoms with Crippen LogP contribution in [0.25, 0.3) is 0 Å². The van der Waals surface area contributed by atoms with Crippen LogP contribution in [0.3, 0.4) is 0 Å². The van der Waals surface area contributed by atoms with Gasteiger partial charge in [-0.15, -0.1) is 0 Å². The first kappa shape index (κ1) is 13.5. The maximum Gasteiger partial charge on any atom is 0.241 e. The molecule has 0 fully saturated rings. The quantitative estimate of drug-likeness (QED) is 0.913. The maximum absolute atomic E-state index is 6.06. The zero-order valence-corrected chi connectivity index (χ0v) is 12.2. The Labute approximate surface area is 114 Å². The van der Waals surface area contributed by atoms with Crippen molar-refractivity contribution in [3.8, 4) is 11.6 Å². The number of nitrogens with two attached hydrogens (primary N) is 1. The minimum Gasteiger partial charge on any atom is -0.437 e. The third-order valence-electron chi connectivity index (χ3n) is 2.98. The van der Waals surface area contributed by atoms with Gasteiger partial charge < -0.3 is 10.5 Å². The molecule has 19 heavy (non-hydrogen) atoms. The van der Waals surface area contributed by atoms with Gasteiger partial charge in [-0.3, -0.25) is 0 Å². The molecule has 0 saturated heterocycles. The molecule has 0 atom stereocenters. The summed E-state index contributed by atoms with van der Waals surface area (Å²) < 4.78 is 7.78. The molecule has 0 radical (unpaired) electrons. The van der Waals surface area contributed by atoms with Crippen molar-refractivity contribution in [2.24, 2.45) is 0 Å². The van der Waals surface area contributed by atoms with Gasteiger partial charge in [0.15, 0.2) is 0 Å². The smallest absolute Gasteiger partial charge is 0.241 e. The maximum atomic E-state index is 6.06. The monoisotopic (exact) mass is 259 g/mol. The number of aryl methyl sites for hydroxylation is 3. The summed E-state index contributed by atoms with van der Waals surface area (Å²) in [5.74, 6) is 1.42. The number of nitrogens with zero attached hydrogens (tertiary/aromatic N) is 2. The molecule has 0 saturated carbocycles. The summed E-state index contributed by atoms with van der Waals surface area (Å²) in [7, 11) is 0. The van der Waals surface area contributed by atoms with Gasteiger partial charge in [-0.25, -0.2) is 4.68 Å². The van der Waals surface area contributed by atoms with Crippen molar-refractivity contribution in [3.63, 3.8) is 0 Å². The lowest BCUT2D eigenvalue weighted by Crippen LogP contribution is -2.05. The zero-order valence-electron chi connectivity index (χ0n) is 12.2. The first-order chi connectivity index (χ1) is 8.88. The van der Waals surface area contributed by atoms with Gasteiger partial charge in [0.2, 0.25) is 5.88 Å². The summed E-state index contributed by atoms with van der Waals surface area (Å²) in [4.78, 5) is 0. The lowest BCUT2D eigenvalue weighted by Gasteiger charge is -2.13. The Kier molecular flexibility index (Phi) is 3.51. The van der Waals surface area contributed by atoms with Crippen LogP contribution in [-0.2, 0) is 0 Å². The lowest BCUT2D eigenvalue weighted by molar-refractivity contribution is 0.389. The van der Waals surface area contributed by atoms with Crippen LogP contribution in [0, 0.1) is 20.8 Å². The van der Waals surface area contributed by atoms with Gasteiger partial charge >= 0.3 is 0 Å². The van der Waals surface area contributed by atoms with Crippen molar-refractivity contribution in [2.75, 3.05) is 5.73 Å². The predicted octanol–water partition coefficient (Wildman–Crippen LogP) is 3.76. The molecule has 1 aromatic heterocycles. The molecule has 0 spiro atoms. The topological polar surface area (TPSA) is 53.1 Å². The van der Waals surface area contributed by atoms with E-state index in [-0.39, 0.29) is 6.04 Å². The zero-order chi connectivity index (χ0) is 14.2. The Morgan fingerprint density at radius 2 is 1.68 bits per heavy atom. The first-order valence-corrected chi connectivity index (χ1v) is 6.49. The fourth-order valence-electron chi connectivity index (χ4n) is 2.09. The van der Waals surface area contributed by atoms with Crippen molar-refractivity contribution in [1.82, 2.24) is 9.78 Å². The van der Waals surface area contributed by atoms with E-state index in [0.717, 1.165) is 11.4 Å². The molecule has 0 aliphatic carbocycles. The van der Waals surface area contributed by atoms with Crippen LogP contribution in [0.1, 0.15) is 36.7 Å². The largest absolute Gasteiger partial charge is 0.437 e. The Hall–Kier alpha value is -1.97. The van der Waals surface area contributed by atoms with E-state index in [1.165, 1.54) is 11.1 Å². The molecular formula is C15H21N3O. The van der Waals surface area contributed by atoms with Crippen LogP contribution in [0.4, 0.5) is 5.69 Å². The third kappa shape index (κ3) is 2.72. The van der Waals surface area contributed by atoms with Gasteiger partial charge in [-0.1, -0.05) is 6.07 Å². The number of nitrogen functional groups attached to an aromatic ring is 1. The second kappa shape index (κ2) is 4.96. The number of hydrogen-bond acceptors (Lipinski definition) is 3. The summed E-state index contributed by atoms with van der Waals surface area (Å²) in [6.07, 6.45) is 0. The fraction of sp³-hybridized carbons (Fsp3) is 0.400. The van der Waals surface area contributed by atoms with Crippen LogP contribution in [-0.4, -0.2) is 9.78 Å². The van der Waals surface area contributed by atoms with Gasteiger partial charge in [0.25, 0.3) is 0 Å². The molecule has 4 heteroatoms.